The first-order valence-electron chi connectivity index (χ1n) is 4.18. The van der Waals surface area contributed by atoms with Gasteiger partial charge in [0, 0.05) is 0 Å². The van der Waals surface area contributed by atoms with E-state index < -0.39 is 4.92 Å². The maximum Gasteiger partial charge on any atom is 0.433 e. The summed E-state index contributed by atoms with van der Waals surface area (Å²) >= 11 is 0. The predicted molar refractivity (Wildman–Crippen MR) is 52.3 cm³/mol. The van der Waals surface area contributed by atoms with Gasteiger partial charge in [0.2, 0.25) is 0 Å². The molecular weight excluding hydrogens is 208 g/mol. The molecule has 0 unspecified atom stereocenters. The standard InChI is InChI=1S/C8H10N2O3.ClH/c9-8(5-1-2-5)6-3-4-7(13-6)10(11)12;/h3-5,8H,1-2,9H2;1H/t8-;/m0./s1. The minimum absolute atomic E-state index is 0. The number of hydrogen-bond acceptors (Lipinski definition) is 4. The van der Waals surface area contributed by atoms with Crippen LogP contribution in [-0.4, -0.2) is 4.92 Å². The Bertz CT molecular complexity index is 335. The highest BCUT2D eigenvalue weighted by Gasteiger charge is 2.32. The minimum Gasteiger partial charge on any atom is -0.404 e. The maximum atomic E-state index is 10.3. The van der Waals surface area contributed by atoms with E-state index in [9.17, 15) is 10.1 Å². The summed E-state index contributed by atoms with van der Waals surface area (Å²) in [5.41, 5.74) is 5.80. The number of rotatable bonds is 3. The first kappa shape index (κ1) is 11.0. The Balaban J connectivity index is 0.000000980. The number of nitrogens with two attached hydrogens (primary N) is 1. The largest absolute Gasteiger partial charge is 0.433 e. The highest BCUT2D eigenvalue weighted by Crippen LogP contribution is 2.40. The molecule has 0 amide bonds. The van der Waals surface area contributed by atoms with Crippen LogP contribution in [0.5, 0.6) is 0 Å². The van der Waals surface area contributed by atoms with Crippen LogP contribution in [0.1, 0.15) is 24.6 Å². The number of furan rings is 1. The second-order valence-electron chi connectivity index (χ2n) is 3.30. The summed E-state index contributed by atoms with van der Waals surface area (Å²) in [7, 11) is 0. The van der Waals surface area contributed by atoms with Crippen molar-refractivity contribution in [1.29, 1.82) is 0 Å². The first-order chi connectivity index (χ1) is 6.18. The summed E-state index contributed by atoms with van der Waals surface area (Å²) < 4.78 is 4.98. The van der Waals surface area contributed by atoms with Crippen LogP contribution in [0.15, 0.2) is 16.5 Å². The molecule has 0 aromatic carbocycles. The van der Waals surface area contributed by atoms with Gasteiger partial charge in [0.1, 0.15) is 10.7 Å². The van der Waals surface area contributed by atoms with Crippen LogP contribution in [0.2, 0.25) is 0 Å². The van der Waals surface area contributed by atoms with Crippen molar-refractivity contribution in [3.63, 3.8) is 0 Å². The molecule has 2 rings (SSSR count). The molecule has 1 heterocycles. The van der Waals surface area contributed by atoms with Gasteiger partial charge in [-0.15, -0.1) is 12.4 Å². The van der Waals surface area contributed by atoms with Crippen molar-refractivity contribution in [3.05, 3.63) is 28.0 Å². The fourth-order valence-corrected chi connectivity index (χ4v) is 1.31. The van der Waals surface area contributed by atoms with Crippen molar-refractivity contribution >= 4 is 18.3 Å². The highest BCUT2D eigenvalue weighted by atomic mass is 35.5. The molecule has 1 aliphatic carbocycles. The molecule has 1 saturated carbocycles. The molecule has 1 aromatic rings. The molecule has 0 radical (unpaired) electrons. The quantitative estimate of drug-likeness (QED) is 0.622. The topological polar surface area (TPSA) is 82.3 Å². The van der Waals surface area contributed by atoms with Gasteiger partial charge in [-0.1, -0.05) is 0 Å². The lowest BCUT2D eigenvalue weighted by molar-refractivity contribution is -0.402. The molecule has 0 aliphatic heterocycles. The van der Waals surface area contributed by atoms with Crippen molar-refractivity contribution in [1.82, 2.24) is 0 Å². The van der Waals surface area contributed by atoms with Crippen LogP contribution >= 0.6 is 12.4 Å². The van der Waals surface area contributed by atoms with Crippen molar-refractivity contribution in [2.24, 2.45) is 11.7 Å². The third kappa shape index (κ3) is 2.05. The molecule has 78 valence electrons. The van der Waals surface area contributed by atoms with Gasteiger partial charge in [-0.2, -0.15) is 0 Å². The van der Waals surface area contributed by atoms with Gasteiger partial charge in [-0.25, -0.2) is 0 Å². The van der Waals surface area contributed by atoms with Crippen LogP contribution in [0.25, 0.3) is 0 Å². The fraction of sp³-hybridized carbons (Fsp3) is 0.500. The van der Waals surface area contributed by atoms with Gasteiger partial charge >= 0.3 is 5.88 Å². The maximum absolute atomic E-state index is 10.3. The molecular formula is C8H11ClN2O3. The van der Waals surface area contributed by atoms with Crippen molar-refractivity contribution in [2.75, 3.05) is 0 Å². The first-order valence-corrected chi connectivity index (χ1v) is 4.18. The van der Waals surface area contributed by atoms with Crippen molar-refractivity contribution in [2.45, 2.75) is 18.9 Å². The van der Waals surface area contributed by atoms with Crippen LogP contribution in [0, 0.1) is 16.0 Å². The molecule has 0 bridgehead atoms. The molecule has 1 aliphatic rings. The van der Waals surface area contributed by atoms with Gasteiger partial charge < -0.3 is 10.2 Å². The van der Waals surface area contributed by atoms with Crippen LogP contribution in [-0.2, 0) is 0 Å². The number of nitro groups is 1. The lowest BCUT2D eigenvalue weighted by Gasteiger charge is -2.03. The van der Waals surface area contributed by atoms with E-state index in [1.807, 2.05) is 0 Å². The van der Waals surface area contributed by atoms with Crippen molar-refractivity contribution in [3.8, 4) is 0 Å². The predicted octanol–water partition coefficient (Wildman–Crippen LogP) is 2.02. The van der Waals surface area contributed by atoms with E-state index in [1.165, 1.54) is 6.07 Å². The summed E-state index contributed by atoms with van der Waals surface area (Å²) in [4.78, 5) is 9.74. The Morgan fingerprint density at radius 1 is 1.57 bits per heavy atom. The Kier molecular flexibility index (Phi) is 3.13. The second-order valence-corrected chi connectivity index (χ2v) is 3.30. The Hall–Kier alpha value is -1.07. The summed E-state index contributed by atoms with van der Waals surface area (Å²) in [5.74, 6) is 0.742. The summed E-state index contributed by atoms with van der Waals surface area (Å²) in [6.07, 6.45) is 2.19. The normalized spacial score (nSPS) is 17.2. The molecule has 1 atom stereocenters. The Morgan fingerprint density at radius 2 is 2.21 bits per heavy atom. The van der Waals surface area contributed by atoms with E-state index in [0.29, 0.717) is 11.7 Å². The van der Waals surface area contributed by atoms with Crippen LogP contribution in [0.4, 0.5) is 5.88 Å². The zero-order chi connectivity index (χ0) is 9.42. The molecule has 2 N–H and O–H groups in total. The van der Waals surface area contributed by atoms with E-state index in [1.54, 1.807) is 6.07 Å². The summed E-state index contributed by atoms with van der Waals surface area (Å²) in [6.45, 7) is 0. The number of nitrogens with zero attached hydrogens (tertiary/aromatic N) is 1. The van der Waals surface area contributed by atoms with Crippen LogP contribution in [0.3, 0.4) is 0 Å². The van der Waals surface area contributed by atoms with Gasteiger partial charge in [-0.3, -0.25) is 10.1 Å². The average Bonchev–Trinajstić information content (AvgIpc) is 2.81. The Labute approximate surface area is 86.8 Å². The summed E-state index contributed by atoms with van der Waals surface area (Å²) in [5, 5.41) is 10.3. The molecule has 0 spiro atoms. The highest BCUT2D eigenvalue weighted by molar-refractivity contribution is 5.85. The van der Waals surface area contributed by atoms with Gasteiger partial charge in [0.25, 0.3) is 0 Å². The molecule has 0 saturated heterocycles. The monoisotopic (exact) mass is 218 g/mol. The van der Waals surface area contributed by atoms with Crippen molar-refractivity contribution < 1.29 is 9.34 Å². The second kappa shape index (κ2) is 3.98. The number of halogens is 1. The van der Waals surface area contributed by atoms with E-state index in [0.717, 1.165) is 12.8 Å². The zero-order valence-electron chi connectivity index (χ0n) is 7.38. The molecule has 1 aromatic heterocycles. The van der Waals surface area contributed by atoms with E-state index >= 15 is 0 Å². The lowest BCUT2D eigenvalue weighted by atomic mass is 10.1. The van der Waals surface area contributed by atoms with Crippen LogP contribution < -0.4 is 5.73 Å². The smallest absolute Gasteiger partial charge is 0.404 e. The van der Waals surface area contributed by atoms with E-state index in [2.05, 4.69) is 0 Å². The average molecular weight is 219 g/mol. The van der Waals surface area contributed by atoms with Gasteiger partial charge in [0.15, 0.2) is 0 Å². The fourth-order valence-electron chi connectivity index (χ4n) is 1.31. The molecule has 5 nitrogen and oxygen atoms in total. The Morgan fingerprint density at radius 3 is 2.64 bits per heavy atom. The van der Waals surface area contributed by atoms with Gasteiger partial charge in [-0.05, 0) is 24.8 Å². The SMILES string of the molecule is Cl.N[C@H](c1ccc([N+](=O)[O-])o1)C1CC1. The third-order valence-electron chi connectivity index (χ3n) is 2.25. The third-order valence-corrected chi connectivity index (χ3v) is 2.25. The van der Waals surface area contributed by atoms with E-state index in [-0.39, 0.29) is 24.3 Å². The zero-order valence-corrected chi connectivity index (χ0v) is 8.20. The van der Waals surface area contributed by atoms with E-state index in [4.69, 9.17) is 10.2 Å². The van der Waals surface area contributed by atoms with Gasteiger partial charge in [0.05, 0.1) is 12.1 Å². The summed E-state index contributed by atoms with van der Waals surface area (Å²) in [6, 6.07) is 2.76. The molecule has 14 heavy (non-hydrogen) atoms. The lowest BCUT2D eigenvalue weighted by Crippen LogP contribution is -2.10. The molecule has 6 heteroatoms. The molecule has 1 fully saturated rings. The number of hydrogen-bond donors (Lipinski definition) is 1. The minimum atomic E-state index is -0.552.